The molecule has 1 heterocycles. The number of hydrogen-bond acceptors (Lipinski definition) is 3. The van der Waals surface area contributed by atoms with Crippen LogP contribution in [0.4, 0.5) is 0 Å². The summed E-state index contributed by atoms with van der Waals surface area (Å²) in [4.78, 5) is 12.0. The van der Waals surface area contributed by atoms with Gasteiger partial charge in [-0.05, 0) is 31.9 Å². The van der Waals surface area contributed by atoms with Crippen molar-refractivity contribution in [2.45, 2.75) is 56.9 Å². The molecular formula is C16H23NO3S. The third-order valence-corrected chi connectivity index (χ3v) is 6.02. The SMILES string of the molecule is CCC(=O)CC1CCCCN1S(=O)(=O)c1ccc(C)cc1. The molecule has 5 heteroatoms. The number of rotatable bonds is 5. The first-order chi connectivity index (χ1) is 9.95. The number of Topliss-reactive ketones (excluding diaryl/α,β-unsaturated/α-hetero) is 1. The molecule has 1 aromatic rings. The highest BCUT2D eigenvalue weighted by molar-refractivity contribution is 7.89. The summed E-state index contributed by atoms with van der Waals surface area (Å²) in [7, 11) is -3.50. The van der Waals surface area contributed by atoms with E-state index in [0.29, 0.717) is 24.3 Å². The fraction of sp³-hybridized carbons (Fsp3) is 0.562. The first-order valence-electron chi connectivity index (χ1n) is 7.55. The van der Waals surface area contributed by atoms with Gasteiger partial charge in [0.2, 0.25) is 10.0 Å². The molecule has 116 valence electrons. The Morgan fingerprint density at radius 3 is 2.52 bits per heavy atom. The predicted molar refractivity (Wildman–Crippen MR) is 82.6 cm³/mol. The van der Waals surface area contributed by atoms with Crippen LogP contribution in [0.5, 0.6) is 0 Å². The van der Waals surface area contributed by atoms with Gasteiger partial charge in [0.05, 0.1) is 4.90 Å². The van der Waals surface area contributed by atoms with E-state index in [1.807, 2.05) is 26.0 Å². The maximum atomic E-state index is 12.8. The van der Waals surface area contributed by atoms with Gasteiger partial charge in [0.25, 0.3) is 0 Å². The molecular weight excluding hydrogens is 286 g/mol. The number of piperidine rings is 1. The lowest BCUT2D eigenvalue weighted by molar-refractivity contribution is -0.119. The van der Waals surface area contributed by atoms with E-state index in [2.05, 4.69) is 0 Å². The van der Waals surface area contributed by atoms with E-state index in [4.69, 9.17) is 0 Å². The number of aryl methyl sites for hydroxylation is 1. The molecule has 4 nitrogen and oxygen atoms in total. The number of carbonyl (C=O) groups excluding carboxylic acids is 1. The molecule has 1 aliphatic heterocycles. The van der Waals surface area contributed by atoms with E-state index in [1.54, 1.807) is 12.1 Å². The summed E-state index contributed by atoms with van der Waals surface area (Å²) in [6.45, 7) is 4.27. The van der Waals surface area contributed by atoms with Crippen molar-refractivity contribution in [3.63, 3.8) is 0 Å². The summed E-state index contributed by atoms with van der Waals surface area (Å²) in [5, 5.41) is 0. The summed E-state index contributed by atoms with van der Waals surface area (Å²) in [6.07, 6.45) is 3.43. The van der Waals surface area contributed by atoms with Crippen molar-refractivity contribution in [3.8, 4) is 0 Å². The van der Waals surface area contributed by atoms with E-state index in [9.17, 15) is 13.2 Å². The molecule has 1 unspecified atom stereocenters. The minimum atomic E-state index is -3.50. The summed E-state index contributed by atoms with van der Waals surface area (Å²) in [5.41, 5.74) is 1.03. The lowest BCUT2D eigenvalue weighted by Gasteiger charge is -2.34. The van der Waals surface area contributed by atoms with Crippen LogP contribution in [-0.4, -0.2) is 31.1 Å². The molecule has 0 amide bonds. The fourth-order valence-corrected chi connectivity index (χ4v) is 4.44. The van der Waals surface area contributed by atoms with Crippen molar-refractivity contribution in [3.05, 3.63) is 29.8 Å². The van der Waals surface area contributed by atoms with Crippen LogP contribution in [0.15, 0.2) is 29.2 Å². The molecule has 1 aliphatic rings. The molecule has 1 aromatic carbocycles. The molecule has 0 spiro atoms. The molecule has 0 bridgehead atoms. The van der Waals surface area contributed by atoms with Gasteiger partial charge in [-0.15, -0.1) is 0 Å². The first-order valence-corrected chi connectivity index (χ1v) is 8.99. The molecule has 2 rings (SSSR count). The van der Waals surface area contributed by atoms with E-state index >= 15 is 0 Å². The third kappa shape index (κ3) is 3.71. The monoisotopic (exact) mass is 309 g/mol. The van der Waals surface area contributed by atoms with Gasteiger partial charge in [-0.1, -0.05) is 31.0 Å². The Morgan fingerprint density at radius 2 is 1.90 bits per heavy atom. The summed E-state index contributed by atoms with van der Waals surface area (Å²) < 4.78 is 27.1. The number of hydrogen-bond donors (Lipinski definition) is 0. The molecule has 0 radical (unpaired) electrons. The van der Waals surface area contributed by atoms with Gasteiger partial charge in [0.1, 0.15) is 5.78 Å². The first kappa shape index (κ1) is 16.2. The Balaban J connectivity index is 2.27. The zero-order chi connectivity index (χ0) is 15.5. The van der Waals surface area contributed by atoms with Crippen molar-refractivity contribution >= 4 is 15.8 Å². The Bertz CT molecular complexity index is 592. The molecule has 21 heavy (non-hydrogen) atoms. The Morgan fingerprint density at radius 1 is 1.24 bits per heavy atom. The van der Waals surface area contributed by atoms with Crippen LogP contribution in [0, 0.1) is 6.92 Å². The maximum absolute atomic E-state index is 12.8. The van der Waals surface area contributed by atoms with Crippen LogP contribution in [0.3, 0.4) is 0 Å². The van der Waals surface area contributed by atoms with Crippen molar-refractivity contribution in [2.24, 2.45) is 0 Å². The Kier molecular flexibility index (Phi) is 5.17. The van der Waals surface area contributed by atoms with Crippen LogP contribution in [0.1, 0.15) is 44.6 Å². The maximum Gasteiger partial charge on any atom is 0.243 e. The lowest BCUT2D eigenvalue weighted by atomic mass is 9.99. The average Bonchev–Trinajstić information content (AvgIpc) is 2.48. The average molecular weight is 309 g/mol. The molecule has 1 atom stereocenters. The topological polar surface area (TPSA) is 54.5 Å². The summed E-state index contributed by atoms with van der Waals surface area (Å²) >= 11 is 0. The quantitative estimate of drug-likeness (QED) is 0.840. The molecule has 0 N–H and O–H groups in total. The molecule has 0 aliphatic carbocycles. The Hall–Kier alpha value is -1.20. The largest absolute Gasteiger partial charge is 0.300 e. The second-order valence-corrected chi connectivity index (χ2v) is 7.57. The highest BCUT2D eigenvalue weighted by Crippen LogP contribution is 2.27. The van der Waals surface area contributed by atoms with Gasteiger partial charge in [0, 0.05) is 25.4 Å². The zero-order valence-electron chi connectivity index (χ0n) is 12.7. The number of nitrogens with zero attached hydrogens (tertiary/aromatic N) is 1. The van der Waals surface area contributed by atoms with Crippen LogP contribution in [0.2, 0.25) is 0 Å². The van der Waals surface area contributed by atoms with Crippen molar-refractivity contribution in [1.82, 2.24) is 4.31 Å². The van der Waals surface area contributed by atoms with Crippen LogP contribution in [-0.2, 0) is 14.8 Å². The fourth-order valence-electron chi connectivity index (χ4n) is 2.75. The third-order valence-electron chi connectivity index (χ3n) is 4.06. The summed E-state index contributed by atoms with van der Waals surface area (Å²) in [6, 6.07) is 6.74. The van der Waals surface area contributed by atoms with Crippen LogP contribution >= 0.6 is 0 Å². The molecule has 0 saturated carbocycles. The van der Waals surface area contributed by atoms with E-state index in [0.717, 1.165) is 24.8 Å². The van der Waals surface area contributed by atoms with Gasteiger partial charge in [-0.2, -0.15) is 4.31 Å². The van der Waals surface area contributed by atoms with Crippen LogP contribution in [0.25, 0.3) is 0 Å². The summed E-state index contributed by atoms with van der Waals surface area (Å²) in [5.74, 6) is 0.131. The zero-order valence-corrected chi connectivity index (χ0v) is 13.5. The van der Waals surface area contributed by atoms with Gasteiger partial charge in [-0.25, -0.2) is 8.42 Å². The lowest BCUT2D eigenvalue weighted by Crippen LogP contribution is -2.44. The van der Waals surface area contributed by atoms with Crippen LogP contribution < -0.4 is 0 Å². The standard InChI is InChI=1S/C16H23NO3S/c1-3-15(18)12-14-6-4-5-11-17(14)21(19,20)16-9-7-13(2)8-10-16/h7-10,14H,3-6,11-12H2,1-2H3. The second kappa shape index (κ2) is 6.71. The van der Waals surface area contributed by atoms with Gasteiger partial charge in [0.15, 0.2) is 0 Å². The van der Waals surface area contributed by atoms with E-state index < -0.39 is 10.0 Å². The van der Waals surface area contributed by atoms with Gasteiger partial charge in [-0.3, -0.25) is 4.79 Å². The minimum absolute atomic E-state index is 0.131. The predicted octanol–water partition coefficient (Wildman–Crippen LogP) is 2.91. The number of sulfonamides is 1. The Labute approximate surface area is 127 Å². The highest BCUT2D eigenvalue weighted by atomic mass is 32.2. The van der Waals surface area contributed by atoms with Crippen molar-refractivity contribution < 1.29 is 13.2 Å². The highest BCUT2D eigenvalue weighted by Gasteiger charge is 2.34. The molecule has 1 saturated heterocycles. The van der Waals surface area contributed by atoms with Gasteiger partial charge >= 0.3 is 0 Å². The minimum Gasteiger partial charge on any atom is -0.300 e. The molecule has 1 fully saturated rings. The van der Waals surface area contributed by atoms with Crippen molar-refractivity contribution in [2.75, 3.05) is 6.54 Å². The van der Waals surface area contributed by atoms with E-state index in [1.165, 1.54) is 4.31 Å². The number of benzene rings is 1. The normalized spacial score (nSPS) is 20.4. The van der Waals surface area contributed by atoms with Crippen molar-refractivity contribution in [1.29, 1.82) is 0 Å². The number of carbonyl (C=O) groups is 1. The smallest absolute Gasteiger partial charge is 0.243 e. The number of ketones is 1. The van der Waals surface area contributed by atoms with Gasteiger partial charge < -0.3 is 0 Å². The second-order valence-electron chi connectivity index (χ2n) is 5.67. The van der Waals surface area contributed by atoms with E-state index in [-0.39, 0.29) is 11.8 Å². The molecule has 0 aromatic heterocycles.